The Kier molecular flexibility index (Phi) is 6.58. The molecule has 0 atom stereocenters. The summed E-state index contributed by atoms with van der Waals surface area (Å²) in [6.45, 7) is 9.49. The molecule has 7 aromatic carbocycles. The number of anilines is 3. The number of hydrogen-bond donors (Lipinski definition) is 0. The third kappa shape index (κ3) is 4.53. The first-order chi connectivity index (χ1) is 23.8. The van der Waals surface area contributed by atoms with Crippen molar-refractivity contribution in [1.82, 2.24) is 0 Å². The smallest absolute Gasteiger partial charge is 0.0471 e. The van der Waals surface area contributed by atoms with E-state index >= 15 is 0 Å². The zero-order valence-corrected chi connectivity index (χ0v) is 28.5. The van der Waals surface area contributed by atoms with Crippen LogP contribution in [-0.4, -0.2) is 0 Å². The second kappa shape index (κ2) is 10.9. The fourth-order valence-corrected chi connectivity index (χ4v) is 8.49. The first kappa shape index (κ1) is 29.5. The Balaban J connectivity index is 1.29. The van der Waals surface area contributed by atoms with Gasteiger partial charge in [0.1, 0.15) is 0 Å². The molecule has 1 heteroatoms. The molecule has 1 nitrogen and oxygen atoms in total. The van der Waals surface area contributed by atoms with Gasteiger partial charge in [-0.2, -0.15) is 0 Å². The predicted octanol–water partition coefficient (Wildman–Crippen LogP) is 13.1. The molecule has 0 saturated carbocycles. The van der Waals surface area contributed by atoms with Crippen molar-refractivity contribution >= 4 is 17.1 Å². The zero-order chi connectivity index (χ0) is 33.3. The Labute approximate surface area is 290 Å². The second-order valence-corrected chi connectivity index (χ2v) is 14.6. The van der Waals surface area contributed by atoms with Gasteiger partial charge >= 0.3 is 0 Å². The van der Waals surface area contributed by atoms with Crippen molar-refractivity contribution in [3.05, 3.63) is 186 Å². The molecule has 0 aromatic heterocycles. The van der Waals surface area contributed by atoms with Gasteiger partial charge in [-0.15, -0.1) is 0 Å². The summed E-state index contributed by atoms with van der Waals surface area (Å²) < 4.78 is 0. The lowest BCUT2D eigenvalue weighted by Gasteiger charge is -2.30. The lowest BCUT2D eigenvalue weighted by Crippen LogP contribution is -2.18. The number of benzene rings is 7. The van der Waals surface area contributed by atoms with Crippen LogP contribution >= 0.6 is 0 Å². The van der Waals surface area contributed by atoms with Crippen LogP contribution in [0.2, 0.25) is 0 Å². The normalized spacial score (nSPS) is 14.4. The van der Waals surface area contributed by atoms with Gasteiger partial charge in [0.25, 0.3) is 0 Å². The van der Waals surface area contributed by atoms with Gasteiger partial charge in [0.05, 0.1) is 0 Å². The van der Waals surface area contributed by atoms with Crippen molar-refractivity contribution in [2.24, 2.45) is 0 Å². The van der Waals surface area contributed by atoms with Gasteiger partial charge < -0.3 is 4.90 Å². The van der Waals surface area contributed by atoms with Crippen LogP contribution in [0, 0.1) is 0 Å². The Morgan fingerprint density at radius 3 is 1.51 bits per heavy atom. The second-order valence-electron chi connectivity index (χ2n) is 14.6. The van der Waals surface area contributed by atoms with Crippen LogP contribution in [0.5, 0.6) is 0 Å². The van der Waals surface area contributed by atoms with E-state index in [2.05, 4.69) is 196 Å². The quantitative estimate of drug-likeness (QED) is 0.183. The fourth-order valence-electron chi connectivity index (χ4n) is 8.49. The van der Waals surface area contributed by atoms with Crippen LogP contribution in [-0.2, 0) is 10.8 Å². The SMILES string of the molecule is CC1(C)c2ccccc2-c2ccc(N(c3ccc(-c4ccccc4)cc3)c3cc(-c4ccccc4)c4c(c3)C(C)(C)c3ccccc3-4)cc21. The molecular weight excluding hydrogens is 591 g/mol. The maximum absolute atomic E-state index is 2.47. The van der Waals surface area contributed by atoms with Crippen molar-refractivity contribution in [1.29, 1.82) is 0 Å². The van der Waals surface area contributed by atoms with Crippen molar-refractivity contribution in [3.8, 4) is 44.5 Å². The van der Waals surface area contributed by atoms with Gasteiger partial charge in [-0.05, 0) is 103 Å². The first-order valence-corrected chi connectivity index (χ1v) is 17.4. The molecule has 9 rings (SSSR count). The lowest BCUT2D eigenvalue weighted by molar-refractivity contribution is 0.660. The van der Waals surface area contributed by atoms with Crippen molar-refractivity contribution < 1.29 is 0 Å². The van der Waals surface area contributed by atoms with Crippen molar-refractivity contribution in [3.63, 3.8) is 0 Å². The van der Waals surface area contributed by atoms with Gasteiger partial charge in [0.2, 0.25) is 0 Å². The minimum atomic E-state index is -0.143. The molecule has 2 aliphatic rings. The number of hydrogen-bond acceptors (Lipinski definition) is 1. The predicted molar refractivity (Wildman–Crippen MR) is 207 cm³/mol. The first-order valence-electron chi connectivity index (χ1n) is 17.4. The van der Waals surface area contributed by atoms with E-state index in [0.29, 0.717) is 0 Å². The highest BCUT2D eigenvalue weighted by molar-refractivity contribution is 5.96. The largest absolute Gasteiger partial charge is 0.310 e. The Hall–Kier alpha value is -5.66. The van der Waals surface area contributed by atoms with Gasteiger partial charge in [-0.3, -0.25) is 0 Å². The third-order valence-corrected chi connectivity index (χ3v) is 11.1. The van der Waals surface area contributed by atoms with E-state index < -0.39 is 0 Å². The fraction of sp³-hybridized carbons (Fsp3) is 0.125. The Morgan fingerprint density at radius 1 is 0.327 bits per heavy atom. The summed E-state index contributed by atoms with van der Waals surface area (Å²) in [6.07, 6.45) is 0. The van der Waals surface area contributed by atoms with Crippen LogP contribution < -0.4 is 4.90 Å². The molecule has 0 bridgehead atoms. The molecule has 0 unspecified atom stereocenters. The molecule has 7 aromatic rings. The highest BCUT2D eigenvalue weighted by Crippen LogP contribution is 2.55. The topological polar surface area (TPSA) is 3.24 Å². The highest BCUT2D eigenvalue weighted by Gasteiger charge is 2.39. The number of fused-ring (bicyclic) bond motifs is 6. The molecule has 0 aliphatic heterocycles. The molecule has 0 saturated heterocycles. The van der Waals surface area contributed by atoms with E-state index in [9.17, 15) is 0 Å². The van der Waals surface area contributed by atoms with Crippen LogP contribution in [0.4, 0.5) is 17.1 Å². The maximum atomic E-state index is 2.47. The van der Waals surface area contributed by atoms with Crippen LogP contribution in [0.25, 0.3) is 44.5 Å². The average molecular weight is 630 g/mol. The molecule has 2 aliphatic carbocycles. The van der Waals surface area contributed by atoms with E-state index in [1.807, 2.05) is 0 Å². The number of nitrogens with zero attached hydrogens (tertiary/aromatic N) is 1. The monoisotopic (exact) mass is 629 g/mol. The molecular formula is C48H39N. The van der Waals surface area contributed by atoms with Crippen LogP contribution in [0.1, 0.15) is 49.9 Å². The minimum Gasteiger partial charge on any atom is -0.310 e. The summed E-state index contributed by atoms with van der Waals surface area (Å²) in [4.78, 5) is 2.47. The molecule has 0 spiro atoms. The van der Waals surface area contributed by atoms with E-state index in [-0.39, 0.29) is 10.8 Å². The molecule has 0 N–H and O–H groups in total. The molecule has 0 fully saturated rings. The van der Waals surface area contributed by atoms with Crippen molar-refractivity contribution in [2.75, 3.05) is 4.90 Å². The summed E-state index contributed by atoms with van der Waals surface area (Å²) in [6, 6.07) is 60.5. The summed E-state index contributed by atoms with van der Waals surface area (Å²) in [7, 11) is 0. The maximum Gasteiger partial charge on any atom is 0.0471 e. The van der Waals surface area contributed by atoms with E-state index in [4.69, 9.17) is 0 Å². The highest BCUT2D eigenvalue weighted by atomic mass is 15.1. The van der Waals surface area contributed by atoms with Gasteiger partial charge in [-0.1, -0.05) is 155 Å². The third-order valence-electron chi connectivity index (χ3n) is 11.1. The van der Waals surface area contributed by atoms with Crippen LogP contribution in [0.15, 0.2) is 164 Å². The van der Waals surface area contributed by atoms with Crippen LogP contribution in [0.3, 0.4) is 0 Å². The molecule has 0 heterocycles. The molecule has 0 amide bonds. The van der Waals surface area contributed by atoms with Gasteiger partial charge in [0.15, 0.2) is 0 Å². The van der Waals surface area contributed by atoms with Crippen molar-refractivity contribution in [2.45, 2.75) is 38.5 Å². The summed E-state index contributed by atoms with van der Waals surface area (Å²) in [5.74, 6) is 0. The summed E-state index contributed by atoms with van der Waals surface area (Å²) >= 11 is 0. The average Bonchev–Trinajstić information content (AvgIpc) is 3.52. The standard InChI is InChI=1S/C48H39N/c1-47(2)42-21-13-11-19-38(42)39-28-27-36(30-44(39)47)49(35-25-23-33(24-26-35)32-15-7-5-8-16-32)37-29-41(34-17-9-6-10-18-34)46-40-20-12-14-22-43(40)48(3,4)45(46)31-37/h5-31H,1-4H3. The minimum absolute atomic E-state index is 0.0957. The Morgan fingerprint density at radius 2 is 0.816 bits per heavy atom. The Bertz CT molecular complexity index is 2360. The molecule has 49 heavy (non-hydrogen) atoms. The molecule has 0 radical (unpaired) electrons. The van der Waals surface area contributed by atoms with E-state index in [1.54, 1.807) is 0 Å². The summed E-state index contributed by atoms with van der Waals surface area (Å²) in [5, 5.41) is 0. The van der Waals surface area contributed by atoms with Gasteiger partial charge in [-0.25, -0.2) is 0 Å². The van der Waals surface area contributed by atoms with E-state index in [1.165, 1.54) is 78.1 Å². The zero-order valence-electron chi connectivity index (χ0n) is 28.5. The summed E-state index contributed by atoms with van der Waals surface area (Å²) in [5.41, 5.74) is 19.0. The number of rotatable bonds is 5. The van der Waals surface area contributed by atoms with E-state index in [0.717, 1.165) is 5.69 Å². The lowest BCUT2D eigenvalue weighted by atomic mass is 9.81. The van der Waals surface area contributed by atoms with Gasteiger partial charge in [0, 0.05) is 27.9 Å². The molecule has 236 valence electrons.